The van der Waals surface area contributed by atoms with E-state index in [0.717, 1.165) is 19.3 Å². The van der Waals surface area contributed by atoms with Gasteiger partial charge in [0.2, 0.25) is 0 Å². The van der Waals surface area contributed by atoms with Crippen LogP contribution in [-0.4, -0.2) is 9.67 Å². The molecule has 2 atom stereocenters. The van der Waals surface area contributed by atoms with Gasteiger partial charge in [-0.15, -0.1) is 0 Å². The molecule has 0 saturated carbocycles. The van der Waals surface area contributed by atoms with Gasteiger partial charge in [0.1, 0.15) is 0 Å². The molecule has 0 spiro atoms. The van der Waals surface area contributed by atoms with Crippen molar-refractivity contribution in [2.75, 3.05) is 0 Å². The Morgan fingerprint density at radius 1 is 1.50 bits per heavy atom. The van der Waals surface area contributed by atoms with Crippen LogP contribution in [0.25, 0.3) is 0 Å². The van der Waals surface area contributed by atoms with Gasteiger partial charge in [0.15, 0.2) is 0 Å². The molecule has 2 heteroatoms. The Bertz CT molecular complexity index is 343. The molecule has 0 saturated heterocycles. The largest absolute Gasteiger partial charge is 0.388 e. The van der Waals surface area contributed by atoms with Gasteiger partial charge in [-0.3, -0.25) is 0 Å². The van der Waals surface area contributed by atoms with E-state index in [9.17, 15) is 5.11 Å². The second-order valence-corrected chi connectivity index (χ2v) is 4.88. The molecule has 0 aliphatic heterocycles. The second kappa shape index (κ2) is 5.05. The van der Waals surface area contributed by atoms with Crippen molar-refractivity contribution >= 4 is 0 Å². The van der Waals surface area contributed by atoms with Gasteiger partial charge in [0.05, 0.1) is 6.10 Å². The molecule has 0 radical (unpaired) electrons. The Kier molecular flexibility index (Phi) is 3.70. The van der Waals surface area contributed by atoms with Crippen LogP contribution in [-0.2, 0) is 6.42 Å². The molecule has 2 nitrogen and oxygen atoms in total. The number of fused-ring (bicyclic) bond motifs is 1. The van der Waals surface area contributed by atoms with Crippen molar-refractivity contribution in [1.82, 2.24) is 4.57 Å². The zero-order valence-electron chi connectivity index (χ0n) is 10.4. The van der Waals surface area contributed by atoms with E-state index >= 15 is 0 Å². The highest BCUT2D eigenvalue weighted by atomic mass is 16.3. The van der Waals surface area contributed by atoms with Gasteiger partial charge in [-0.25, -0.2) is 0 Å². The summed E-state index contributed by atoms with van der Waals surface area (Å²) in [6, 6.07) is 2.75. The summed E-state index contributed by atoms with van der Waals surface area (Å²) in [4.78, 5) is 0. The molecular formula is C14H23NO. The molecule has 2 rings (SSSR count). The molecule has 0 amide bonds. The molecule has 1 aromatic rings. The zero-order valence-corrected chi connectivity index (χ0v) is 10.4. The van der Waals surface area contributed by atoms with Gasteiger partial charge in [-0.05, 0) is 38.2 Å². The Labute approximate surface area is 98.3 Å². The van der Waals surface area contributed by atoms with Gasteiger partial charge in [-0.2, -0.15) is 0 Å². The van der Waals surface area contributed by atoms with Gasteiger partial charge in [-0.1, -0.05) is 20.3 Å². The smallest absolute Gasteiger partial charge is 0.0807 e. The summed E-state index contributed by atoms with van der Waals surface area (Å²) in [5, 5.41) is 9.95. The quantitative estimate of drug-likeness (QED) is 0.825. The van der Waals surface area contributed by atoms with Crippen molar-refractivity contribution in [2.45, 2.75) is 64.5 Å². The fourth-order valence-electron chi connectivity index (χ4n) is 2.91. The molecule has 90 valence electrons. The standard InChI is InChI=1S/C14H23NO/c1-3-6-11(4-2)15-10-9-12-13(15)7-5-8-14(12)16/h9-11,14,16H,3-8H2,1-2H3. The Balaban J connectivity index is 2.27. The van der Waals surface area contributed by atoms with E-state index in [0.29, 0.717) is 6.04 Å². The summed E-state index contributed by atoms with van der Waals surface area (Å²) in [5.74, 6) is 0. The third-order valence-electron chi connectivity index (χ3n) is 3.80. The number of aliphatic hydroxyl groups excluding tert-OH is 1. The topological polar surface area (TPSA) is 25.2 Å². The van der Waals surface area contributed by atoms with E-state index in [1.54, 1.807) is 0 Å². The lowest BCUT2D eigenvalue weighted by molar-refractivity contribution is 0.155. The highest BCUT2D eigenvalue weighted by molar-refractivity contribution is 5.27. The van der Waals surface area contributed by atoms with Crippen molar-refractivity contribution in [3.63, 3.8) is 0 Å². The van der Waals surface area contributed by atoms with Crippen LogP contribution >= 0.6 is 0 Å². The molecule has 1 aliphatic rings. The predicted molar refractivity (Wildman–Crippen MR) is 66.6 cm³/mol. The SMILES string of the molecule is CCCC(CC)n1ccc2c1CCCC2O. The van der Waals surface area contributed by atoms with Crippen LogP contribution in [0.1, 0.15) is 69.4 Å². The molecular weight excluding hydrogens is 198 g/mol. The van der Waals surface area contributed by atoms with Crippen LogP contribution in [0.3, 0.4) is 0 Å². The minimum atomic E-state index is -0.218. The van der Waals surface area contributed by atoms with Crippen molar-refractivity contribution in [3.8, 4) is 0 Å². The lowest BCUT2D eigenvalue weighted by Crippen LogP contribution is -2.15. The summed E-state index contributed by atoms with van der Waals surface area (Å²) >= 11 is 0. The van der Waals surface area contributed by atoms with E-state index in [1.807, 2.05) is 0 Å². The number of hydrogen-bond donors (Lipinski definition) is 1. The molecule has 0 fully saturated rings. The normalized spacial score (nSPS) is 21.8. The van der Waals surface area contributed by atoms with E-state index in [-0.39, 0.29) is 6.10 Å². The molecule has 1 heterocycles. The first-order chi connectivity index (χ1) is 7.77. The third kappa shape index (κ3) is 2.03. The first kappa shape index (κ1) is 11.7. The highest BCUT2D eigenvalue weighted by Gasteiger charge is 2.23. The van der Waals surface area contributed by atoms with Crippen LogP contribution in [0.15, 0.2) is 12.3 Å². The van der Waals surface area contributed by atoms with Crippen LogP contribution in [0, 0.1) is 0 Å². The maximum Gasteiger partial charge on any atom is 0.0807 e. The first-order valence-electron chi connectivity index (χ1n) is 6.65. The number of aliphatic hydroxyl groups is 1. The zero-order chi connectivity index (χ0) is 11.5. The van der Waals surface area contributed by atoms with E-state index in [2.05, 4.69) is 30.7 Å². The summed E-state index contributed by atoms with van der Waals surface area (Å²) in [7, 11) is 0. The first-order valence-corrected chi connectivity index (χ1v) is 6.65. The van der Waals surface area contributed by atoms with E-state index in [1.165, 1.54) is 30.5 Å². The van der Waals surface area contributed by atoms with Crippen molar-refractivity contribution in [1.29, 1.82) is 0 Å². The van der Waals surface area contributed by atoms with Crippen LogP contribution in [0.2, 0.25) is 0 Å². The fourth-order valence-corrected chi connectivity index (χ4v) is 2.91. The lowest BCUT2D eigenvalue weighted by Gasteiger charge is -2.24. The van der Waals surface area contributed by atoms with Crippen LogP contribution in [0.4, 0.5) is 0 Å². The molecule has 0 aromatic carbocycles. The van der Waals surface area contributed by atoms with Crippen LogP contribution < -0.4 is 0 Å². The number of hydrogen-bond acceptors (Lipinski definition) is 1. The average molecular weight is 221 g/mol. The lowest BCUT2D eigenvalue weighted by atomic mass is 9.95. The summed E-state index contributed by atoms with van der Waals surface area (Å²) in [5.41, 5.74) is 2.57. The minimum absolute atomic E-state index is 0.218. The minimum Gasteiger partial charge on any atom is -0.388 e. The third-order valence-corrected chi connectivity index (χ3v) is 3.80. The summed E-state index contributed by atoms with van der Waals surface area (Å²) in [6.45, 7) is 4.50. The number of aromatic nitrogens is 1. The van der Waals surface area contributed by atoms with Gasteiger partial charge < -0.3 is 9.67 Å². The molecule has 1 N–H and O–H groups in total. The Morgan fingerprint density at radius 2 is 2.31 bits per heavy atom. The van der Waals surface area contributed by atoms with E-state index in [4.69, 9.17) is 0 Å². The predicted octanol–water partition coefficient (Wildman–Crippen LogP) is 3.61. The molecule has 16 heavy (non-hydrogen) atoms. The van der Waals surface area contributed by atoms with Crippen molar-refractivity contribution in [3.05, 3.63) is 23.5 Å². The molecule has 2 unspecified atom stereocenters. The monoisotopic (exact) mass is 221 g/mol. The average Bonchev–Trinajstić information content (AvgIpc) is 2.71. The second-order valence-electron chi connectivity index (χ2n) is 4.88. The maximum atomic E-state index is 9.95. The highest BCUT2D eigenvalue weighted by Crippen LogP contribution is 2.33. The van der Waals surface area contributed by atoms with Crippen LogP contribution in [0.5, 0.6) is 0 Å². The molecule has 0 bridgehead atoms. The number of rotatable bonds is 4. The number of nitrogens with zero attached hydrogens (tertiary/aromatic N) is 1. The molecule has 1 aliphatic carbocycles. The van der Waals surface area contributed by atoms with E-state index < -0.39 is 0 Å². The summed E-state index contributed by atoms with van der Waals surface area (Å²) < 4.78 is 2.42. The Hall–Kier alpha value is -0.760. The van der Waals surface area contributed by atoms with Gasteiger partial charge >= 0.3 is 0 Å². The molecule has 1 aromatic heterocycles. The van der Waals surface area contributed by atoms with Crippen molar-refractivity contribution in [2.24, 2.45) is 0 Å². The maximum absolute atomic E-state index is 9.95. The summed E-state index contributed by atoms with van der Waals surface area (Å²) in [6.07, 6.45) is 8.82. The van der Waals surface area contributed by atoms with Gasteiger partial charge in [0, 0.05) is 23.5 Å². The fraction of sp³-hybridized carbons (Fsp3) is 0.714. The Morgan fingerprint density at radius 3 is 3.00 bits per heavy atom. The van der Waals surface area contributed by atoms with Gasteiger partial charge in [0.25, 0.3) is 0 Å². The van der Waals surface area contributed by atoms with Crippen molar-refractivity contribution < 1.29 is 5.11 Å².